The van der Waals surface area contributed by atoms with Gasteiger partial charge < -0.3 is 15.0 Å². The van der Waals surface area contributed by atoms with Crippen molar-refractivity contribution in [1.82, 2.24) is 5.32 Å². The van der Waals surface area contributed by atoms with E-state index in [0.717, 1.165) is 0 Å². The van der Waals surface area contributed by atoms with Crippen molar-refractivity contribution in [2.45, 2.75) is 25.3 Å². The molecule has 2 saturated heterocycles. The largest absolute Gasteiger partial charge is 0.376 e. The van der Waals surface area contributed by atoms with E-state index >= 15 is 0 Å². The van der Waals surface area contributed by atoms with Crippen molar-refractivity contribution < 1.29 is 13.9 Å². The van der Waals surface area contributed by atoms with Crippen molar-refractivity contribution in [3.63, 3.8) is 0 Å². The zero-order chi connectivity index (χ0) is 16.4. The molecule has 0 atom stereocenters. The quantitative estimate of drug-likeness (QED) is 0.923. The number of hydrogen-bond acceptors (Lipinski definition) is 4. The van der Waals surface area contributed by atoms with Gasteiger partial charge in [-0.3, -0.25) is 4.79 Å². The molecule has 0 radical (unpaired) electrons. The number of nitriles is 1. The van der Waals surface area contributed by atoms with Crippen LogP contribution >= 0.6 is 0 Å². The minimum absolute atomic E-state index is 0.0369. The van der Waals surface area contributed by atoms with Gasteiger partial charge in [0.05, 0.1) is 36.1 Å². The summed E-state index contributed by atoms with van der Waals surface area (Å²) in [6.45, 7) is 4.37. The van der Waals surface area contributed by atoms with E-state index in [-0.39, 0.29) is 23.2 Å². The molecule has 1 aromatic carbocycles. The number of nitrogens with one attached hydrogen (secondary N) is 1. The smallest absolute Gasteiger partial charge is 0.223 e. The van der Waals surface area contributed by atoms with Crippen LogP contribution < -0.4 is 10.2 Å². The van der Waals surface area contributed by atoms with Crippen molar-refractivity contribution in [3.05, 3.63) is 29.6 Å². The lowest BCUT2D eigenvalue weighted by Crippen LogP contribution is -2.61. The Balaban J connectivity index is 1.58. The van der Waals surface area contributed by atoms with Gasteiger partial charge in [-0.2, -0.15) is 5.26 Å². The second-order valence-electron chi connectivity index (χ2n) is 6.58. The predicted octanol–water partition coefficient (Wildman–Crippen LogP) is 1.82. The number of rotatable bonds is 3. The highest BCUT2D eigenvalue weighted by Gasteiger charge is 2.37. The van der Waals surface area contributed by atoms with Gasteiger partial charge in [-0.15, -0.1) is 0 Å². The molecule has 0 aliphatic carbocycles. The van der Waals surface area contributed by atoms with Crippen LogP contribution in [0.3, 0.4) is 0 Å². The van der Waals surface area contributed by atoms with Gasteiger partial charge in [0.1, 0.15) is 5.82 Å². The minimum atomic E-state index is -0.383. The van der Waals surface area contributed by atoms with Crippen molar-refractivity contribution in [2.24, 2.45) is 5.92 Å². The lowest BCUT2D eigenvalue weighted by molar-refractivity contribution is -0.135. The van der Waals surface area contributed by atoms with Crippen LogP contribution in [0.25, 0.3) is 0 Å². The third-order valence-corrected chi connectivity index (χ3v) is 4.55. The third kappa shape index (κ3) is 3.30. The molecule has 5 nitrogen and oxygen atoms in total. The molecule has 3 rings (SSSR count). The Bertz CT molecular complexity index is 644. The van der Waals surface area contributed by atoms with Crippen molar-refractivity contribution in [2.75, 3.05) is 31.2 Å². The van der Waals surface area contributed by atoms with Crippen LogP contribution in [0.4, 0.5) is 10.1 Å². The van der Waals surface area contributed by atoms with Crippen LogP contribution in [-0.4, -0.2) is 37.7 Å². The summed E-state index contributed by atoms with van der Waals surface area (Å²) in [5.74, 6) is -0.355. The van der Waals surface area contributed by atoms with Crippen molar-refractivity contribution in [1.29, 1.82) is 5.26 Å². The Morgan fingerprint density at radius 2 is 2.13 bits per heavy atom. The summed E-state index contributed by atoms with van der Waals surface area (Å²) in [5.41, 5.74) is 0.590. The SMILES string of the molecule is CC1(NC(=O)C2CCN(c3ccc(C#N)cc3F)CC2)COC1. The molecule has 1 amide bonds. The molecular formula is C17H20FN3O2. The van der Waals surface area contributed by atoms with Gasteiger partial charge in [-0.05, 0) is 38.0 Å². The molecule has 0 aromatic heterocycles. The summed E-state index contributed by atoms with van der Waals surface area (Å²) >= 11 is 0. The summed E-state index contributed by atoms with van der Waals surface area (Å²) in [4.78, 5) is 14.2. The number of ether oxygens (including phenoxy) is 1. The number of carbonyl (C=O) groups excluding carboxylic acids is 1. The summed E-state index contributed by atoms with van der Waals surface area (Å²) < 4.78 is 19.2. The molecule has 1 aromatic rings. The van der Waals surface area contributed by atoms with Gasteiger partial charge in [-0.25, -0.2) is 4.39 Å². The maximum absolute atomic E-state index is 14.1. The fourth-order valence-corrected chi connectivity index (χ4v) is 3.10. The van der Waals surface area contributed by atoms with Crippen LogP contribution in [0.2, 0.25) is 0 Å². The van der Waals surface area contributed by atoms with E-state index in [1.807, 2.05) is 17.9 Å². The van der Waals surface area contributed by atoms with E-state index in [2.05, 4.69) is 5.32 Å². The first-order chi connectivity index (χ1) is 11.0. The van der Waals surface area contributed by atoms with E-state index in [1.165, 1.54) is 6.07 Å². The Hall–Kier alpha value is -2.13. The Labute approximate surface area is 135 Å². The fourth-order valence-electron chi connectivity index (χ4n) is 3.10. The maximum atomic E-state index is 14.1. The van der Waals surface area contributed by atoms with E-state index < -0.39 is 0 Å². The molecular weight excluding hydrogens is 297 g/mol. The molecule has 0 saturated carbocycles. The number of anilines is 1. The van der Waals surface area contributed by atoms with E-state index in [4.69, 9.17) is 10.00 Å². The Kier molecular flexibility index (Phi) is 4.22. The highest BCUT2D eigenvalue weighted by Crippen LogP contribution is 2.27. The second kappa shape index (κ2) is 6.17. The minimum Gasteiger partial charge on any atom is -0.376 e. The van der Waals surface area contributed by atoms with E-state index in [0.29, 0.717) is 50.4 Å². The van der Waals surface area contributed by atoms with E-state index in [1.54, 1.807) is 12.1 Å². The monoisotopic (exact) mass is 317 g/mol. The molecule has 1 N–H and O–H groups in total. The molecule has 2 heterocycles. The molecule has 2 aliphatic heterocycles. The number of amides is 1. The summed E-state index contributed by atoms with van der Waals surface area (Å²) in [7, 11) is 0. The summed E-state index contributed by atoms with van der Waals surface area (Å²) in [5, 5.41) is 11.8. The van der Waals surface area contributed by atoms with Gasteiger partial charge in [0.2, 0.25) is 5.91 Å². The predicted molar refractivity (Wildman–Crippen MR) is 83.4 cm³/mol. The van der Waals surface area contributed by atoms with Gasteiger partial charge in [0.25, 0.3) is 0 Å². The average Bonchev–Trinajstić information content (AvgIpc) is 2.53. The van der Waals surface area contributed by atoms with Gasteiger partial charge in [0.15, 0.2) is 0 Å². The third-order valence-electron chi connectivity index (χ3n) is 4.55. The number of carbonyl (C=O) groups is 1. The molecule has 6 heteroatoms. The molecule has 122 valence electrons. The first-order valence-electron chi connectivity index (χ1n) is 7.85. The zero-order valence-corrected chi connectivity index (χ0v) is 13.1. The number of halogens is 1. The number of benzene rings is 1. The fraction of sp³-hybridized carbons (Fsp3) is 0.529. The standard InChI is InChI=1S/C17H20FN3O2/c1-17(10-23-11-17)20-16(22)13-4-6-21(7-5-13)15-3-2-12(9-19)8-14(15)18/h2-3,8,13H,4-7,10-11H2,1H3,(H,20,22). The molecule has 2 fully saturated rings. The van der Waals surface area contributed by atoms with Crippen LogP contribution in [0, 0.1) is 23.1 Å². The molecule has 23 heavy (non-hydrogen) atoms. The molecule has 0 bridgehead atoms. The average molecular weight is 317 g/mol. The molecule has 0 unspecified atom stereocenters. The Morgan fingerprint density at radius 1 is 1.43 bits per heavy atom. The normalized spacial score (nSPS) is 20.5. The lowest BCUT2D eigenvalue weighted by atomic mass is 9.92. The van der Waals surface area contributed by atoms with Crippen molar-refractivity contribution in [3.8, 4) is 6.07 Å². The number of piperidine rings is 1. The summed E-state index contributed by atoms with van der Waals surface area (Å²) in [6.07, 6.45) is 1.39. The Morgan fingerprint density at radius 3 is 2.65 bits per heavy atom. The molecule has 0 spiro atoms. The van der Waals surface area contributed by atoms with Crippen LogP contribution in [0.1, 0.15) is 25.3 Å². The first kappa shape index (κ1) is 15.8. The molecule has 2 aliphatic rings. The summed E-state index contributed by atoms with van der Waals surface area (Å²) in [6, 6.07) is 6.45. The first-order valence-corrected chi connectivity index (χ1v) is 7.85. The highest BCUT2D eigenvalue weighted by atomic mass is 19.1. The number of nitrogens with zero attached hydrogens (tertiary/aromatic N) is 2. The van der Waals surface area contributed by atoms with Crippen LogP contribution in [0.15, 0.2) is 18.2 Å². The second-order valence-corrected chi connectivity index (χ2v) is 6.58. The lowest BCUT2D eigenvalue weighted by Gasteiger charge is -2.41. The zero-order valence-electron chi connectivity index (χ0n) is 13.1. The van der Waals surface area contributed by atoms with Gasteiger partial charge in [-0.1, -0.05) is 0 Å². The topological polar surface area (TPSA) is 65.4 Å². The van der Waals surface area contributed by atoms with Gasteiger partial charge >= 0.3 is 0 Å². The highest BCUT2D eigenvalue weighted by molar-refractivity contribution is 5.80. The van der Waals surface area contributed by atoms with Crippen LogP contribution in [0.5, 0.6) is 0 Å². The van der Waals surface area contributed by atoms with Crippen molar-refractivity contribution >= 4 is 11.6 Å². The van der Waals surface area contributed by atoms with E-state index in [9.17, 15) is 9.18 Å². The maximum Gasteiger partial charge on any atom is 0.223 e. The van der Waals surface area contributed by atoms with Crippen LogP contribution in [-0.2, 0) is 9.53 Å². The van der Waals surface area contributed by atoms with Gasteiger partial charge in [0, 0.05) is 19.0 Å². The number of hydrogen-bond donors (Lipinski definition) is 1.